The van der Waals surface area contributed by atoms with Crippen LogP contribution in [-0.4, -0.2) is 39.1 Å². The van der Waals surface area contributed by atoms with Crippen molar-refractivity contribution in [1.82, 2.24) is 9.78 Å². The minimum absolute atomic E-state index is 0.00858. The van der Waals surface area contributed by atoms with Crippen molar-refractivity contribution in [2.45, 2.75) is 62.6 Å². The van der Waals surface area contributed by atoms with Crippen molar-refractivity contribution in [3.63, 3.8) is 0 Å². The first-order valence-corrected chi connectivity index (χ1v) is 12.2. The maximum absolute atomic E-state index is 14.8. The predicted molar refractivity (Wildman–Crippen MR) is 112 cm³/mol. The maximum atomic E-state index is 14.8. The van der Waals surface area contributed by atoms with Crippen molar-refractivity contribution in [2.75, 3.05) is 18.2 Å². The van der Waals surface area contributed by atoms with Crippen molar-refractivity contribution >= 4 is 21.4 Å². The van der Waals surface area contributed by atoms with E-state index >= 15 is 0 Å². The maximum Gasteiger partial charge on any atom is 0.353 e. The quantitative estimate of drug-likeness (QED) is 0.755. The van der Waals surface area contributed by atoms with Crippen molar-refractivity contribution in [3.8, 4) is 5.88 Å². The lowest BCUT2D eigenvalue weighted by Crippen LogP contribution is -2.26. The lowest BCUT2D eigenvalue weighted by molar-refractivity contribution is 0.259. The molecule has 31 heavy (non-hydrogen) atoms. The Morgan fingerprint density at radius 3 is 2.77 bits per heavy atom. The highest BCUT2D eigenvalue weighted by atomic mass is 32.2. The largest absolute Gasteiger partial charge is 0.474 e. The molecule has 0 unspecified atom stereocenters. The Labute approximate surface area is 179 Å². The number of carbonyl (C=O) groups excluding carboxylic acids is 1. The molecule has 0 saturated heterocycles. The first kappa shape index (κ1) is 20.4. The smallest absolute Gasteiger partial charge is 0.353 e. The summed E-state index contributed by atoms with van der Waals surface area (Å²) >= 11 is 0. The fraction of sp³-hybridized carbons (Fsp3) is 0.524. The van der Waals surface area contributed by atoms with E-state index in [-0.39, 0.29) is 29.1 Å². The zero-order valence-corrected chi connectivity index (χ0v) is 18.4. The number of ether oxygens (including phenoxy) is 1. The molecule has 5 rings (SSSR count). The second kappa shape index (κ2) is 6.75. The van der Waals surface area contributed by atoms with Crippen LogP contribution in [0.15, 0.2) is 15.5 Å². The second-order valence-electron chi connectivity index (χ2n) is 9.11. The average molecular weight is 451 g/mol. The third-order valence-electron chi connectivity index (χ3n) is 6.29. The molecule has 0 radical (unpaired) electrons. The van der Waals surface area contributed by atoms with Crippen LogP contribution in [0.1, 0.15) is 42.5 Å². The summed E-state index contributed by atoms with van der Waals surface area (Å²) in [5, 5.41) is 6.96. The van der Waals surface area contributed by atoms with Crippen molar-refractivity contribution < 1.29 is 22.5 Å². The van der Waals surface area contributed by atoms with E-state index in [1.165, 1.54) is 12.5 Å². The summed E-state index contributed by atoms with van der Waals surface area (Å²) in [4.78, 5) is 13.1. The molecule has 1 aromatic carbocycles. The molecular formula is C21H24F2N4O3S. The van der Waals surface area contributed by atoms with Crippen LogP contribution < -0.4 is 10.1 Å². The Bertz CT molecular complexity index is 1240. The second-order valence-corrected chi connectivity index (χ2v) is 11.3. The summed E-state index contributed by atoms with van der Waals surface area (Å²) in [6.45, 7) is 4.26. The van der Waals surface area contributed by atoms with Gasteiger partial charge in [-0.2, -0.15) is 5.10 Å². The number of nitrogens with zero attached hydrogens (tertiary/aromatic N) is 3. The fourth-order valence-electron chi connectivity index (χ4n) is 4.80. The van der Waals surface area contributed by atoms with E-state index in [0.717, 1.165) is 6.42 Å². The van der Waals surface area contributed by atoms with Crippen LogP contribution in [0, 0.1) is 5.82 Å². The molecule has 0 bridgehead atoms. The van der Waals surface area contributed by atoms with Crippen LogP contribution in [0.3, 0.4) is 0 Å². The van der Waals surface area contributed by atoms with Gasteiger partial charge < -0.3 is 10.1 Å². The number of hydrogen-bond acceptors (Lipinski definition) is 4. The molecule has 2 heterocycles. The average Bonchev–Trinajstić information content (AvgIpc) is 3.43. The van der Waals surface area contributed by atoms with Gasteiger partial charge in [0.2, 0.25) is 5.88 Å². The number of hydrogen-bond donors (Lipinski definition) is 1. The van der Waals surface area contributed by atoms with Gasteiger partial charge in [0.15, 0.2) is 0 Å². The summed E-state index contributed by atoms with van der Waals surface area (Å²) in [5.41, 5.74) is 2.13. The van der Waals surface area contributed by atoms with Gasteiger partial charge in [0.1, 0.15) is 23.5 Å². The van der Waals surface area contributed by atoms with Crippen LogP contribution in [0.5, 0.6) is 5.88 Å². The van der Waals surface area contributed by atoms with Gasteiger partial charge >= 0.3 is 6.03 Å². The van der Waals surface area contributed by atoms with Crippen LogP contribution in [0.2, 0.25) is 0 Å². The summed E-state index contributed by atoms with van der Waals surface area (Å²) in [7, 11) is -3.15. The van der Waals surface area contributed by atoms with Gasteiger partial charge in [0.25, 0.3) is 0 Å². The Hall–Kier alpha value is -2.49. The summed E-state index contributed by atoms with van der Waals surface area (Å²) in [5.74, 6) is 0.00461. The third-order valence-corrected chi connectivity index (χ3v) is 7.90. The van der Waals surface area contributed by atoms with E-state index in [4.69, 9.17) is 4.74 Å². The number of carbonyl (C=O) groups is 1. The summed E-state index contributed by atoms with van der Waals surface area (Å²) in [6, 6.07) is -0.810. The van der Waals surface area contributed by atoms with Crippen molar-refractivity contribution in [1.29, 1.82) is 0 Å². The molecule has 2 amide bonds. The number of urea groups is 1. The van der Waals surface area contributed by atoms with E-state index in [1.807, 2.05) is 13.8 Å². The SMILES string of the molecule is CC1(C)COc2c([S@@](C)(=O)=NC(=O)Nc3c4c(c(F)c5c3C[C@H](F)C5)CCC4)cnn21. The molecule has 2 aliphatic carbocycles. The fourth-order valence-corrected chi connectivity index (χ4v) is 5.97. The Morgan fingerprint density at radius 2 is 2.00 bits per heavy atom. The highest BCUT2D eigenvalue weighted by molar-refractivity contribution is 7.93. The number of fused-ring (bicyclic) bond motifs is 3. The topological polar surface area (TPSA) is 85.6 Å². The molecule has 10 heteroatoms. The van der Waals surface area contributed by atoms with Gasteiger partial charge in [-0.3, -0.25) is 0 Å². The van der Waals surface area contributed by atoms with E-state index in [0.29, 0.717) is 53.3 Å². The Kier molecular flexibility index (Phi) is 4.45. The summed E-state index contributed by atoms with van der Waals surface area (Å²) < 4.78 is 53.5. The van der Waals surface area contributed by atoms with E-state index in [1.54, 1.807) is 4.68 Å². The van der Waals surface area contributed by atoms with E-state index in [2.05, 4.69) is 14.8 Å². The minimum atomic E-state index is -3.15. The zero-order chi connectivity index (χ0) is 22.1. The molecule has 1 aliphatic heterocycles. The standard InChI is InChI=1S/C21H24F2N4O3S/c1-21(2)10-30-19-16(9-24-27(19)21)31(3,29)26-20(28)25-18-13-6-4-5-12(13)17(23)14-7-11(22)8-15(14)18/h9,11H,4-8,10H2,1-3H3,(H,25,28)/t11-,31-/m1/s1. The highest BCUT2D eigenvalue weighted by Crippen LogP contribution is 2.42. The number of amides is 2. The molecule has 0 fully saturated rings. The summed E-state index contributed by atoms with van der Waals surface area (Å²) in [6.07, 6.45) is 3.59. The van der Waals surface area contributed by atoms with Gasteiger partial charge in [-0.1, -0.05) is 0 Å². The monoisotopic (exact) mass is 450 g/mol. The molecule has 2 atom stereocenters. The van der Waals surface area contributed by atoms with Crippen molar-refractivity contribution in [3.05, 3.63) is 34.3 Å². The number of rotatable bonds is 2. The number of benzene rings is 1. The van der Waals surface area contributed by atoms with Gasteiger partial charge in [-0.05, 0) is 55.4 Å². The normalized spacial score (nSPS) is 22.3. The van der Waals surface area contributed by atoms with Crippen LogP contribution in [-0.2, 0) is 41.0 Å². The molecule has 0 saturated carbocycles. The highest BCUT2D eigenvalue weighted by Gasteiger charge is 2.37. The van der Waals surface area contributed by atoms with Gasteiger partial charge in [0, 0.05) is 24.8 Å². The number of nitrogens with one attached hydrogen (secondary N) is 1. The minimum Gasteiger partial charge on any atom is -0.474 e. The van der Waals surface area contributed by atoms with Crippen molar-refractivity contribution in [2.24, 2.45) is 4.36 Å². The lowest BCUT2D eigenvalue weighted by atomic mass is 9.98. The van der Waals surface area contributed by atoms with E-state index < -0.39 is 21.9 Å². The molecular weight excluding hydrogens is 426 g/mol. The Balaban J connectivity index is 1.51. The van der Waals surface area contributed by atoms with Crippen LogP contribution >= 0.6 is 0 Å². The van der Waals surface area contributed by atoms with E-state index in [9.17, 15) is 17.8 Å². The van der Waals surface area contributed by atoms with Crippen LogP contribution in [0.25, 0.3) is 0 Å². The first-order chi connectivity index (χ1) is 14.6. The van der Waals surface area contributed by atoms with Gasteiger partial charge in [0.05, 0.1) is 21.5 Å². The zero-order valence-electron chi connectivity index (χ0n) is 17.6. The number of halogens is 2. The molecule has 3 aliphatic rings. The number of anilines is 1. The molecule has 166 valence electrons. The van der Waals surface area contributed by atoms with Crippen LogP contribution in [0.4, 0.5) is 19.3 Å². The first-order valence-electron chi connectivity index (χ1n) is 10.3. The Morgan fingerprint density at radius 1 is 1.29 bits per heavy atom. The molecule has 1 aromatic heterocycles. The van der Waals surface area contributed by atoms with Gasteiger partial charge in [-0.15, -0.1) is 4.36 Å². The molecule has 1 N–H and O–H groups in total. The predicted octanol–water partition coefficient (Wildman–Crippen LogP) is 3.76. The lowest BCUT2D eigenvalue weighted by Gasteiger charge is -2.16. The number of aromatic nitrogens is 2. The van der Waals surface area contributed by atoms with Gasteiger partial charge in [-0.25, -0.2) is 22.5 Å². The third kappa shape index (κ3) is 3.14. The molecule has 0 spiro atoms. The number of alkyl halides is 1. The molecule has 7 nitrogen and oxygen atoms in total. The molecule has 2 aromatic rings.